The molecular formula is C21H31N3O3. The fourth-order valence-electron chi connectivity index (χ4n) is 3.30. The lowest BCUT2D eigenvalue weighted by molar-refractivity contribution is -0.144. The first kappa shape index (κ1) is 20.9. The van der Waals surface area contributed by atoms with Crippen molar-refractivity contribution in [3.63, 3.8) is 0 Å². The maximum absolute atomic E-state index is 12.8. The summed E-state index contributed by atoms with van der Waals surface area (Å²) >= 11 is 0. The first-order valence-corrected chi connectivity index (χ1v) is 9.84. The van der Waals surface area contributed by atoms with Crippen molar-refractivity contribution >= 4 is 23.4 Å². The number of nitrogens with one attached hydrogen (secondary N) is 2. The van der Waals surface area contributed by atoms with Crippen LogP contribution in [0.5, 0.6) is 0 Å². The average Bonchev–Trinajstić information content (AvgIpc) is 2.67. The molecule has 148 valence electrons. The van der Waals surface area contributed by atoms with Gasteiger partial charge >= 0.3 is 0 Å². The molecule has 0 spiro atoms. The van der Waals surface area contributed by atoms with Crippen molar-refractivity contribution in [1.82, 2.24) is 10.2 Å². The van der Waals surface area contributed by atoms with Gasteiger partial charge in [0, 0.05) is 24.6 Å². The molecule has 2 rings (SSSR count). The van der Waals surface area contributed by atoms with E-state index in [1.54, 1.807) is 11.8 Å². The highest BCUT2D eigenvalue weighted by atomic mass is 16.2. The number of carbonyl (C=O) groups is 3. The molecule has 1 heterocycles. The lowest BCUT2D eigenvalue weighted by atomic mass is 9.98. The molecule has 1 aromatic carbocycles. The predicted molar refractivity (Wildman–Crippen MR) is 106 cm³/mol. The van der Waals surface area contributed by atoms with E-state index in [1.165, 1.54) is 0 Å². The molecule has 0 aromatic heterocycles. The molecule has 0 unspecified atom stereocenters. The normalized spacial score (nSPS) is 18.1. The number of hydrogen-bond donors (Lipinski definition) is 2. The van der Waals surface area contributed by atoms with Crippen LogP contribution in [0, 0.1) is 5.92 Å². The first-order valence-electron chi connectivity index (χ1n) is 9.84. The third-order valence-corrected chi connectivity index (χ3v) is 4.96. The summed E-state index contributed by atoms with van der Waals surface area (Å²) < 4.78 is 0. The zero-order valence-corrected chi connectivity index (χ0v) is 16.7. The van der Waals surface area contributed by atoms with E-state index in [4.69, 9.17) is 0 Å². The Morgan fingerprint density at radius 3 is 2.37 bits per heavy atom. The van der Waals surface area contributed by atoms with Crippen molar-refractivity contribution in [3.05, 3.63) is 29.8 Å². The molecule has 0 bridgehead atoms. The maximum atomic E-state index is 12.8. The second kappa shape index (κ2) is 9.53. The predicted octanol–water partition coefficient (Wildman–Crippen LogP) is 3.25. The summed E-state index contributed by atoms with van der Waals surface area (Å²) in [6.45, 7) is 8.12. The summed E-state index contributed by atoms with van der Waals surface area (Å²) in [5.41, 5.74) is 1.69. The van der Waals surface area contributed by atoms with Crippen LogP contribution in [0.2, 0.25) is 0 Å². The lowest BCUT2D eigenvalue weighted by Crippen LogP contribution is -2.53. The lowest BCUT2D eigenvalue weighted by Gasteiger charge is -2.36. The van der Waals surface area contributed by atoms with Crippen molar-refractivity contribution in [2.24, 2.45) is 5.92 Å². The summed E-state index contributed by atoms with van der Waals surface area (Å²) in [6.07, 6.45) is 3.04. The van der Waals surface area contributed by atoms with Gasteiger partial charge in [0.05, 0.1) is 6.04 Å². The van der Waals surface area contributed by atoms with Gasteiger partial charge in [0.15, 0.2) is 0 Å². The van der Waals surface area contributed by atoms with E-state index in [9.17, 15) is 14.4 Å². The van der Waals surface area contributed by atoms with E-state index in [2.05, 4.69) is 10.6 Å². The van der Waals surface area contributed by atoms with Crippen LogP contribution in [-0.2, 0) is 14.4 Å². The van der Waals surface area contributed by atoms with Crippen molar-refractivity contribution in [2.75, 3.05) is 11.9 Å². The van der Waals surface area contributed by atoms with Gasteiger partial charge in [0.1, 0.15) is 6.04 Å². The molecular weight excluding hydrogens is 342 g/mol. The quantitative estimate of drug-likeness (QED) is 0.803. The van der Waals surface area contributed by atoms with Crippen LogP contribution >= 0.6 is 0 Å². The van der Waals surface area contributed by atoms with Crippen LogP contribution in [0.3, 0.4) is 0 Å². The molecule has 3 amide bonds. The molecule has 1 aliphatic heterocycles. The summed E-state index contributed by atoms with van der Waals surface area (Å²) in [5.74, 6) is -0.198. The van der Waals surface area contributed by atoms with Gasteiger partial charge < -0.3 is 15.5 Å². The maximum Gasteiger partial charge on any atom is 0.243 e. The van der Waals surface area contributed by atoms with Crippen LogP contribution < -0.4 is 10.6 Å². The number of anilines is 1. The van der Waals surface area contributed by atoms with Crippen LogP contribution in [0.15, 0.2) is 24.3 Å². The van der Waals surface area contributed by atoms with Crippen molar-refractivity contribution in [1.29, 1.82) is 0 Å². The molecule has 1 aliphatic rings. The van der Waals surface area contributed by atoms with Gasteiger partial charge in [0.25, 0.3) is 0 Å². The zero-order valence-electron chi connectivity index (χ0n) is 16.7. The molecule has 2 N–H and O–H groups in total. The number of nitrogens with zero attached hydrogens (tertiary/aromatic N) is 1. The van der Waals surface area contributed by atoms with E-state index in [0.717, 1.165) is 24.1 Å². The Balaban J connectivity index is 2.01. The number of piperidine rings is 1. The van der Waals surface area contributed by atoms with Gasteiger partial charge in [-0.1, -0.05) is 32.9 Å². The number of carbonyl (C=O) groups excluding carboxylic acids is 3. The minimum absolute atomic E-state index is 0.0312. The average molecular weight is 373 g/mol. The molecule has 1 aromatic rings. The minimum atomic E-state index is -0.390. The van der Waals surface area contributed by atoms with Crippen LogP contribution in [0.1, 0.15) is 65.0 Å². The Morgan fingerprint density at radius 2 is 1.78 bits per heavy atom. The van der Waals surface area contributed by atoms with E-state index in [1.807, 2.05) is 45.0 Å². The highest BCUT2D eigenvalue weighted by Crippen LogP contribution is 2.22. The van der Waals surface area contributed by atoms with E-state index >= 15 is 0 Å². The van der Waals surface area contributed by atoms with Gasteiger partial charge in [-0.15, -0.1) is 0 Å². The molecule has 2 atom stereocenters. The molecule has 0 aliphatic carbocycles. The summed E-state index contributed by atoms with van der Waals surface area (Å²) in [5, 5.41) is 5.85. The Labute approximate surface area is 161 Å². The number of rotatable bonds is 6. The van der Waals surface area contributed by atoms with Crippen molar-refractivity contribution < 1.29 is 14.4 Å². The topological polar surface area (TPSA) is 78.5 Å². The van der Waals surface area contributed by atoms with E-state index < -0.39 is 0 Å². The van der Waals surface area contributed by atoms with E-state index in [-0.39, 0.29) is 35.7 Å². The third kappa shape index (κ3) is 5.55. The standard InChI is InChI=1S/C21H31N3O3/c1-5-19(25)23-17-11-9-16(10-12-17)15(4)22-20(26)18-8-6-7-13-24(18)21(27)14(2)3/h9-12,14-15,18H,5-8,13H2,1-4H3,(H,22,26)(H,23,25)/t15-,18-/m0/s1. The van der Waals surface area contributed by atoms with Gasteiger partial charge in [-0.2, -0.15) is 0 Å². The highest BCUT2D eigenvalue weighted by Gasteiger charge is 2.33. The Kier molecular flexibility index (Phi) is 7.39. The molecule has 1 saturated heterocycles. The van der Waals surface area contributed by atoms with Gasteiger partial charge in [0.2, 0.25) is 17.7 Å². The molecule has 6 heteroatoms. The van der Waals surface area contributed by atoms with Crippen LogP contribution in [-0.4, -0.2) is 35.2 Å². The molecule has 0 radical (unpaired) electrons. The first-order chi connectivity index (χ1) is 12.8. The van der Waals surface area contributed by atoms with Gasteiger partial charge in [-0.05, 0) is 43.9 Å². The van der Waals surface area contributed by atoms with E-state index in [0.29, 0.717) is 19.4 Å². The summed E-state index contributed by atoms with van der Waals surface area (Å²) in [6, 6.07) is 6.90. The molecule has 6 nitrogen and oxygen atoms in total. The van der Waals surface area contributed by atoms with Crippen LogP contribution in [0.4, 0.5) is 5.69 Å². The fraction of sp³-hybridized carbons (Fsp3) is 0.571. The zero-order chi connectivity index (χ0) is 20.0. The largest absolute Gasteiger partial charge is 0.348 e. The number of likely N-dealkylation sites (tertiary alicyclic amines) is 1. The van der Waals surface area contributed by atoms with Crippen LogP contribution in [0.25, 0.3) is 0 Å². The SMILES string of the molecule is CCC(=O)Nc1ccc([C@H](C)NC(=O)[C@@H]2CCCCN2C(=O)C(C)C)cc1. The van der Waals surface area contributed by atoms with Gasteiger partial charge in [-0.25, -0.2) is 0 Å². The molecule has 0 saturated carbocycles. The Hall–Kier alpha value is -2.37. The van der Waals surface area contributed by atoms with Crippen molar-refractivity contribution in [2.45, 2.75) is 65.5 Å². The fourth-order valence-corrected chi connectivity index (χ4v) is 3.30. The summed E-state index contributed by atoms with van der Waals surface area (Å²) in [7, 11) is 0. The monoisotopic (exact) mass is 373 g/mol. The third-order valence-electron chi connectivity index (χ3n) is 4.96. The second-order valence-corrected chi connectivity index (χ2v) is 7.45. The summed E-state index contributed by atoms with van der Waals surface area (Å²) in [4.78, 5) is 38.4. The molecule has 27 heavy (non-hydrogen) atoms. The van der Waals surface area contributed by atoms with Gasteiger partial charge in [-0.3, -0.25) is 14.4 Å². The number of hydrogen-bond acceptors (Lipinski definition) is 3. The Morgan fingerprint density at radius 1 is 1.11 bits per heavy atom. The number of amides is 3. The van der Waals surface area contributed by atoms with Crippen molar-refractivity contribution in [3.8, 4) is 0 Å². The highest BCUT2D eigenvalue weighted by molar-refractivity contribution is 5.90. The second-order valence-electron chi connectivity index (χ2n) is 7.45. The Bertz CT molecular complexity index is 670. The minimum Gasteiger partial charge on any atom is -0.348 e. The molecule has 1 fully saturated rings. The smallest absolute Gasteiger partial charge is 0.243 e. The number of benzene rings is 1.